The van der Waals surface area contributed by atoms with Crippen LogP contribution in [0.1, 0.15) is 36.8 Å². The van der Waals surface area contributed by atoms with E-state index < -0.39 is 5.91 Å². The number of hydrogen-bond acceptors (Lipinski definition) is 4. The summed E-state index contributed by atoms with van der Waals surface area (Å²) in [6, 6.07) is 3.26. The highest BCUT2D eigenvalue weighted by molar-refractivity contribution is 6.33. The van der Waals surface area contributed by atoms with Gasteiger partial charge in [0.15, 0.2) is 5.82 Å². The summed E-state index contributed by atoms with van der Waals surface area (Å²) in [7, 11) is 0. The average Bonchev–Trinajstić information content (AvgIpc) is 2.80. The fourth-order valence-corrected chi connectivity index (χ4v) is 1.77. The van der Waals surface area contributed by atoms with Crippen LogP contribution in [-0.2, 0) is 5.41 Å². The number of nitrogens with zero attached hydrogens (tertiary/aromatic N) is 2. The quantitative estimate of drug-likeness (QED) is 0.741. The Morgan fingerprint density at radius 1 is 1.40 bits per heavy atom. The minimum atomic E-state index is -0.401. The molecule has 0 saturated carbocycles. The lowest BCUT2D eigenvalue weighted by Gasteiger charge is -2.14. The summed E-state index contributed by atoms with van der Waals surface area (Å²) in [4.78, 5) is 15.9. The number of halogens is 1. The van der Waals surface area contributed by atoms with Crippen molar-refractivity contribution in [1.82, 2.24) is 15.2 Å². The minimum Gasteiger partial charge on any atom is -0.397 e. The van der Waals surface area contributed by atoms with Crippen molar-refractivity contribution in [1.29, 1.82) is 0 Å². The zero-order valence-electron chi connectivity index (χ0n) is 11.5. The Hall–Kier alpha value is -2.08. The van der Waals surface area contributed by atoms with Crippen LogP contribution < -0.4 is 11.1 Å². The van der Waals surface area contributed by atoms with Crippen LogP contribution in [0.5, 0.6) is 0 Å². The number of H-pyrrole nitrogens is 1. The van der Waals surface area contributed by atoms with Crippen molar-refractivity contribution in [2.45, 2.75) is 26.2 Å². The number of pyridine rings is 1. The lowest BCUT2D eigenvalue weighted by molar-refractivity contribution is 0.102. The molecule has 0 atom stereocenters. The summed E-state index contributed by atoms with van der Waals surface area (Å²) >= 11 is 5.88. The van der Waals surface area contributed by atoms with Gasteiger partial charge in [0.05, 0.1) is 17.4 Å². The molecule has 0 aliphatic carbocycles. The third-order valence-electron chi connectivity index (χ3n) is 2.73. The number of rotatable bonds is 2. The van der Waals surface area contributed by atoms with Gasteiger partial charge in [0, 0.05) is 17.2 Å². The van der Waals surface area contributed by atoms with Gasteiger partial charge in [-0.1, -0.05) is 32.4 Å². The second-order valence-electron chi connectivity index (χ2n) is 5.48. The summed E-state index contributed by atoms with van der Waals surface area (Å²) in [5, 5.41) is 9.70. The van der Waals surface area contributed by atoms with E-state index in [2.05, 4.69) is 20.5 Å². The number of hydrogen-bond donors (Lipinski definition) is 3. The van der Waals surface area contributed by atoms with Crippen LogP contribution in [0.2, 0.25) is 5.15 Å². The predicted molar refractivity (Wildman–Crippen MR) is 78.9 cm³/mol. The topological polar surface area (TPSA) is 96.7 Å². The zero-order valence-corrected chi connectivity index (χ0v) is 12.2. The predicted octanol–water partition coefficient (Wildman–Crippen LogP) is 2.59. The van der Waals surface area contributed by atoms with Gasteiger partial charge in [0.2, 0.25) is 0 Å². The highest BCUT2D eigenvalue weighted by atomic mass is 35.5. The van der Waals surface area contributed by atoms with E-state index in [1.165, 1.54) is 12.3 Å². The molecule has 2 rings (SSSR count). The molecule has 0 fully saturated rings. The third kappa shape index (κ3) is 3.08. The average molecular weight is 294 g/mol. The van der Waals surface area contributed by atoms with E-state index in [1.54, 1.807) is 6.07 Å². The maximum absolute atomic E-state index is 12.1. The molecule has 0 aliphatic rings. The Morgan fingerprint density at radius 2 is 2.10 bits per heavy atom. The Labute approximate surface area is 121 Å². The molecule has 7 heteroatoms. The van der Waals surface area contributed by atoms with Gasteiger partial charge in [-0.05, 0) is 6.07 Å². The Bertz CT molecular complexity index is 644. The Kier molecular flexibility index (Phi) is 3.67. The van der Waals surface area contributed by atoms with Gasteiger partial charge in [-0.25, -0.2) is 4.98 Å². The number of aromatic amines is 1. The molecule has 2 heterocycles. The molecule has 0 aliphatic heterocycles. The van der Waals surface area contributed by atoms with E-state index in [1.807, 2.05) is 20.8 Å². The van der Waals surface area contributed by atoms with Gasteiger partial charge in [0.25, 0.3) is 5.91 Å². The second kappa shape index (κ2) is 5.13. The summed E-state index contributed by atoms with van der Waals surface area (Å²) in [5.74, 6) is 0.0279. The number of carbonyl (C=O) groups excluding carboxylic acids is 1. The molecule has 0 aromatic carbocycles. The lowest BCUT2D eigenvalue weighted by atomic mass is 9.92. The molecule has 1 amide bonds. The summed E-state index contributed by atoms with van der Waals surface area (Å²) in [6.45, 7) is 6.14. The standard InChI is InChI=1S/C13H16ClN5O/c1-13(2,3)9-5-10(19-18-9)17-12(20)8-4-7(15)6-16-11(8)14/h4-6H,15H2,1-3H3,(H2,17,18,19,20). The number of amides is 1. The molecule has 20 heavy (non-hydrogen) atoms. The number of carbonyl (C=O) groups is 1. The van der Waals surface area contributed by atoms with Crippen molar-refractivity contribution >= 4 is 29.0 Å². The van der Waals surface area contributed by atoms with Gasteiger partial charge in [-0.2, -0.15) is 5.10 Å². The molecule has 0 unspecified atom stereocenters. The normalized spacial score (nSPS) is 11.4. The highest BCUT2D eigenvalue weighted by Crippen LogP contribution is 2.23. The lowest BCUT2D eigenvalue weighted by Crippen LogP contribution is -2.14. The van der Waals surface area contributed by atoms with Crippen LogP contribution in [-0.4, -0.2) is 21.1 Å². The van der Waals surface area contributed by atoms with Crippen molar-refractivity contribution in [3.8, 4) is 0 Å². The van der Waals surface area contributed by atoms with Crippen LogP contribution in [0.15, 0.2) is 18.3 Å². The highest BCUT2D eigenvalue weighted by Gasteiger charge is 2.18. The van der Waals surface area contributed by atoms with Crippen LogP contribution in [0.4, 0.5) is 11.5 Å². The van der Waals surface area contributed by atoms with Gasteiger partial charge >= 0.3 is 0 Å². The maximum Gasteiger partial charge on any atom is 0.260 e. The Balaban J connectivity index is 2.20. The molecule has 0 spiro atoms. The smallest absolute Gasteiger partial charge is 0.260 e. The van der Waals surface area contributed by atoms with Crippen molar-refractivity contribution < 1.29 is 4.79 Å². The summed E-state index contributed by atoms with van der Waals surface area (Å²) in [6.07, 6.45) is 1.39. The molecule has 6 nitrogen and oxygen atoms in total. The largest absolute Gasteiger partial charge is 0.397 e. The van der Waals surface area contributed by atoms with Gasteiger partial charge in [-0.15, -0.1) is 0 Å². The van der Waals surface area contributed by atoms with Crippen molar-refractivity contribution in [2.75, 3.05) is 11.1 Å². The number of nitrogens with one attached hydrogen (secondary N) is 2. The summed E-state index contributed by atoms with van der Waals surface area (Å²) < 4.78 is 0. The molecule has 0 radical (unpaired) electrons. The molecule has 0 bridgehead atoms. The first-order valence-corrected chi connectivity index (χ1v) is 6.43. The Morgan fingerprint density at radius 3 is 2.70 bits per heavy atom. The molecule has 0 saturated heterocycles. The number of nitrogens with two attached hydrogens (primary N) is 1. The molecule has 2 aromatic heterocycles. The van der Waals surface area contributed by atoms with Gasteiger partial charge in [-0.3, -0.25) is 9.89 Å². The van der Waals surface area contributed by atoms with E-state index in [0.29, 0.717) is 11.5 Å². The summed E-state index contributed by atoms with van der Waals surface area (Å²) in [5.41, 5.74) is 7.03. The number of anilines is 2. The van der Waals surface area contributed by atoms with E-state index >= 15 is 0 Å². The van der Waals surface area contributed by atoms with E-state index in [-0.39, 0.29) is 16.1 Å². The number of nitrogen functional groups attached to an aromatic ring is 1. The second-order valence-corrected chi connectivity index (χ2v) is 5.84. The molecule has 106 valence electrons. The fourth-order valence-electron chi connectivity index (χ4n) is 1.58. The fraction of sp³-hybridized carbons (Fsp3) is 0.308. The van der Waals surface area contributed by atoms with Crippen molar-refractivity contribution in [2.24, 2.45) is 0 Å². The van der Waals surface area contributed by atoms with E-state index in [4.69, 9.17) is 17.3 Å². The minimum absolute atomic E-state index is 0.0770. The molecular weight excluding hydrogens is 278 g/mol. The molecular formula is C13H16ClN5O. The molecule has 2 aromatic rings. The number of aromatic nitrogens is 3. The van der Waals surface area contributed by atoms with Gasteiger partial charge in [0.1, 0.15) is 5.15 Å². The van der Waals surface area contributed by atoms with Gasteiger partial charge < -0.3 is 11.1 Å². The first-order chi connectivity index (χ1) is 9.27. The zero-order chi connectivity index (χ0) is 14.9. The maximum atomic E-state index is 12.1. The first kappa shape index (κ1) is 14.3. The van der Waals surface area contributed by atoms with Crippen LogP contribution in [0.25, 0.3) is 0 Å². The third-order valence-corrected chi connectivity index (χ3v) is 3.03. The van der Waals surface area contributed by atoms with Crippen LogP contribution >= 0.6 is 11.6 Å². The van der Waals surface area contributed by atoms with Crippen molar-refractivity contribution in [3.05, 3.63) is 34.7 Å². The van der Waals surface area contributed by atoms with Crippen LogP contribution in [0, 0.1) is 0 Å². The monoisotopic (exact) mass is 293 g/mol. The SMILES string of the molecule is CC(C)(C)c1cc(NC(=O)c2cc(N)cnc2Cl)n[nH]1. The van der Waals surface area contributed by atoms with Crippen LogP contribution in [0.3, 0.4) is 0 Å². The van der Waals surface area contributed by atoms with Crippen molar-refractivity contribution in [3.63, 3.8) is 0 Å². The first-order valence-electron chi connectivity index (χ1n) is 6.05. The molecule has 4 N–H and O–H groups in total. The van der Waals surface area contributed by atoms with E-state index in [0.717, 1.165) is 5.69 Å². The van der Waals surface area contributed by atoms with E-state index in [9.17, 15) is 4.79 Å².